The average Bonchev–Trinajstić information content (AvgIpc) is 3.82. The highest BCUT2D eigenvalue weighted by molar-refractivity contribution is 6.23. The molecule has 272 valence electrons. The van der Waals surface area contributed by atoms with Gasteiger partial charge in [-0.2, -0.15) is 5.10 Å². The van der Waals surface area contributed by atoms with Crippen LogP contribution in [0.15, 0.2) is 48.7 Å². The standard InChI is InChI=1S/C37H41FN8O6/c1-52-32(23-5-3-2-4-6-23)37(51)45-21-28-26(19-39-41-28)34(45)44-11-9-24(10-12-44)43-15-13-42(14-16-43)20-22-17-25-31(27(38)18-22)36(50)46(35(25)49)29-7-8-30(47)40-33(29)48/h2-6,17-19,24,29,32,34H,7-16,20-21H2,1H3,(H,39,41)(H,40,47,48)/t29?,32-,34?/m1/s1. The Morgan fingerprint density at radius 1 is 0.962 bits per heavy atom. The largest absolute Gasteiger partial charge is 0.367 e. The minimum atomic E-state index is -1.14. The summed E-state index contributed by atoms with van der Waals surface area (Å²) in [7, 11) is 1.57. The molecule has 0 radical (unpaired) electrons. The number of aromatic amines is 1. The van der Waals surface area contributed by atoms with Crippen LogP contribution in [0.1, 0.15) is 81.1 Å². The molecule has 8 rings (SSSR count). The minimum absolute atomic E-state index is 0.000635. The summed E-state index contributed by atoms with van der Waals surface area (Å²) >= 11 is 0. The SMILES string of the molecule is CO[C@@H](C(=O)N1Cc2[nH]ncc2C1N1CCC(N2CCN(Cc3cc(F)c4c(c3)C(=O)N(C3CCC(=O)NC3=O)C4=O)CC2)CC1)c1ccccc1. The van der Waals surface area contributed by atoms with Crippen molar-refractivity contribution in [2.75, 3.05) is 46.4 Å². The second-order valence-electron chi connectivity index (χ2n) is 14.2. The molecule has 5 amide bonds. The number of nitrogens with zero attached hydrogens (tertiary/aromatic N) is 6. The molecule has 6 heterocycles. The monoisotopic (exact) mass is 712 g/mol. The Labute approximate surface area is 299 Å². The summed E-state index contributed by atoms with van der Waals surface area (Å²) in [5.41, 5.74) is 3.02. The third-order valence-electron chi connectivity index (χ3n) is 11.2. The quantitative estimate of drug-likeness (QED) is 0.332. The summed E-state index contributed by atoms with van der Waals surface area (Å²) in [6.07, 6.45) is 2.84. The topological polar surface area (TPSA) is 151 Å². The zero-order chi connectivity index (χ0) is 36.1. The van der Waals surface area contributed by atoms with Crippen LogP contribution in [0.2, 0.25) is 0 Å². The summed E-state index contributed by atoms with van der Waals surface area (Å²) in [6, 6.07) is 11.7. The number of carbonyl (C=O) groups is 5. The highest BCUT2D eigenvalue weighted by Gasteiger charge is 2.47. The van der Waals surface area contributed by atoms with E-state index < -0.39 is 41.6 Å². The highest BCUT2D eigenvalue weighted by Crippen LogP contribution is 2.39. The molecule has 2 unspecified atom stereocenters. The molecule has 0 saturated carbocycles. The van der Waals surface area contributed by atoms with Crippen LogP contribution in [0.25, 0.3) is 0 Å². The van der Waals surface area contributed by atoms with Crippen LogP contribution in [0.5, 0.6) is 0 Å². The van der Waals surface area contributed by atoms with E-state index in [2.05, 4.69) is 30.2 Å². The number of likely N-dealkylation sites (tertiary alicyclic amines) is 1. The lowest BCUT2D eigenvalue weighted by atomic mass is 10.0. The van der Waals surface area contributed by atoms with Gasteiger partial charge in [0.05, 0.1) is 29.6 Å². The van der Waals surface area contributed by atoms with Gasteiger partial charge in [0.15, 0.2) is 6.10 Å². The van der Waals surface area contributed by atoms with Gasteiger partial charge < -0.3 is 9.64 Å². The van der Waals surface area contributed by atoms with Gasteiger partial charge in [0.25, 0.3) is 17.7 Å². The number of ether oxygens (including phenoxy) is 1. The molecule has 15 heteroatoms. The third-order valence-corrected chi connectivity index (χ3v) is 11.2. The zero-order valence-electron chi connectivity index (χ0n) is 28.9. The van der Waals surface area contributed by atoms with Gasteiger partial charge in [-0.25, -0.2) is 4.39 Å². The van der Waals surface area contributed by atoms with Gasteiger partial charge in [-0.3, -0.25) is 54.0 Å². The minimum Gasteiger partial charge on any atom is -0.367 e. The molecule has 3 fully saturated rings. The van der Waals surface area contributed by atoms with Crippen LogP contribution in [0, 0.1) is 5.82 Å². The Balaban J connectivity index is 0.871. The number of carbonyl (C=O) groups excluding carboxylic acids is 5. The van der Waals surface area contributed by atoms with Crippen LogP contribution in [-0.2, 0) is 32.2 Å². The average molecular weight is 713 g/mol. The maximum atomic E-state index is 15.3. The molecule has 0 bridgehead atoms. The molecule has 5 aliphatic rings. The second-order valence-corrected chi connectivity index (χ2v) is 14.2. The molecule has 52 heavy (non-hydrogen) atoms. The normalized spacial score (nSPS) is 24.0. The predicted octanol–water partition coefficient (Wildman–Crippen LogP) is 1.96. The van der Waals surface area contributed by atoms with Gasteiger partial charge >= 0.3 is 0 Å². The number of halogens is 1. The molecule has 3 aromatic rings. The third kappa shape index (κ3) is 6.10. The van der Waals surface area contributed by atoms with Gasteiger partial charge in [0.2, 0.25) is 11.8 Å². The number of benzene rings is 2. The number of H-pyrrole nitrogens is 1. The Kier molecular flexibility index (Phi) is 9.19. The maximum Gasteiger partial charge on any atom is 0.265 e. The second kappa shape index (κ2) is 14.0. The first-order chi connectivity index (χ1) is 25.2. The molecular formula is C37H41FN8O6. The molecule has 2 N–H and O–H groups in total. The summed E-state index contributed by atoms with van der Waals surface area (Å²) in [6.45, 7) is 5.71. The smallest absolute Gasteiger partial charge is 0.265 e. The van der Waals surface area contributed by atoms with Gasteiger partial charge in [0, 0.05) is 70.9 Å². The fraction of sp³-hybridized carbons (Fsp3) is 0.459. The first-order valence-electron chi connectivity index (χ1n) is 17.9. The zero-order valence-corrected chi connectivity index (χ0v) is 28.9. The molecule has 5 aliphatic heterocycles. The fourth-order valence-corrected chi connectivity index (χ4v) is 8.58. The molecule has 1 aromatic heterocycles. The molecule has 2 aromatic carbocycles. The van der Waals surface area contributed by atoms with E-state index >= 15 is 4.39 Å². The van der Waals surface area contributed by atoms with Crippen LogP contribution >= 0.6 is 0 Å². The molecule has 0 spiro atoms. The Morgan fingerprint density at radius 2 is 1.71 bits per heavy atom. The first-order valence-corrected chi connectivity index (χ1v) is 17.9. The van der Waals surface area contributed by atoms with E-state index in [1.54, 1.807) is 13.2 Å². The van der Waals surface area contributed by atoms with Crippen molar-refractivity contribution in [3.63, 3.8) is 0 Å². The molecule has 0 aliphatic carbocycles. The highest BCUT2D eigenvalue weighted by atomic mass is 19.1. The van der Waals surface area contributed by atoms with E-state index in [0.29, 0.717) is 24.7 Å². The molecule has 3 atom stereocenters. The number of hydrogen-bond acceptors (Lipinski definition) is 10. The van der Waals surface area contributed by atoms with E-state index in [1.807, 2.05) is 41.4 Å². The number of hydrogen-bond donors (Lipinski definition) is 2. The Morgan fingerprint density at radius 3 is 2.42 bits per heavy atom. The van der Waals surface area contributed by atoms with Crippen molar-refractivity contribution >= 4 is 29.5 Å². The van der Waals surface area contributed by atoms with Crippen molar-refractivity contribution in [1.82, 2.24) is 40.0 Å². The number of piperidine rings is 2. The molecule has 3 saturated heterocycles. The number of methoxy groups -OCH3 is 1. The number of fused-ring (bicyclic) bond motifs is 2. The number of nitrogens with one attached hydrogen (secondary N) is 2. The Hall–Kier alpha value is -4.83. The van der Waals surface area contributed by atoms with Crippen molar-refractivity contribution in [3.8, 4) is 0 Å². The lowest BCUT2D eigenvalue weighted by molar-refractivity contribution is -0.150. The van der Waals surface area contributed by atoms with E-state index in [9.17, 15) is 24.0 Å². The van der Waals surface area contributed by atoms with E-state index in [0.717, 1.165) is 73.8 Å². The molecule has 14 nitrogen and oxygen atoms in total. The van der Waals surface area contributed by atoms with Gasteiger partial charge in [0.1, 0.15) is 18.0 Å². The summed E-state index contributed by atoms with van der Waals surface area (Å²) in [5, 5.41) is 9.52. The van der Waals surface area contributed by atoms with E-state index in [1.165, 1.54) is 6.07 Å². The van der Waals surface area contributed by atoms with E-state index in [4.69, 9.17) is 4.74 Å². The van der Waals surface area contributed by atoms with Crippen LogP contribution < -0.4 is 5.32 Å². The fourth-order valence-electron chi connectivity index (χ4n) is 8.58. The van der Waals surface area contributed by atoms with Crippen molar-refractivity contribution < 1.29 is 33.1 Å². The van der Waals surface area contributed by atoms with Gasteiger partial charge in [-0.15, -0.1) is 0 Å². The van der Waals surface area contributed by atoms with Gasteiger partial charge in [-0.1, -0.05) is 30.3 Å². The van der Waals surface area contributed by atoms with Crippen molar-refractivity contribution in [1.29, 1.82) is 0 Å². The van der Waals surface area contributed by atoms with Crippen molar-refractivity contribution in [2.24, 2.45) is 0 Å². The summed E-state index contributed by atoms with van der Waals surface area (Å²) < 4.78 is 21.0. The van der Waals surface area contributed by atoms with Crippen LogP contribution in [0.3, 0.4) is 0 Å². The van der Waals surface area contributed by atoms with Crippen LogP contribution in [0.4, 0.5) is 4.39 Å². The maximum absolute atomic E-state index is 15.3. The number of imide groups is 2. The van der Waals surface area contributed by atoms with Crippen LogP contribution in [-0.4, -0.2) is 123 Å². The summed E-state index contributed by atoms with van der Waals surface area (Å²) in [5.74, 6) is -3.61. The summed E-state index contributed by atoms with van der Waals surface area (Å²) in [4.78, 5) is 74.1. The predicted molar refractivity (Wildman–Crippen MR) is 183 cm³/mol. The van der Waals surface area contributed by atoms with Crippen molar-refractivity contribution in [2.45, 2.75) is 63.1 Å². The van der Waals surface area contributed by atoms with E-state index in [-0.39, 0.29) is 36.0 Å². The number of rotatable bonds is 8. The lowest BCUT2D eigenvalue weighted by Gasteiger charge is -2.45. The lowest BCUT2D eigenvalue weighted by Crippen LogP contribution is -2.54. The van der Waals surface area contributed by atoms with Gasteiger partial charge in [-0.05, 0) is 42.5 Å². The number of amides is 5. The Bertz CT molecular complexity index is 1900. The number of aromatic nitrogens is 2. The first kappa shape index (κ1) is 34.3. The van der Waals surface area contributed by atoms with Crippen molar-refractivity contribution in [3.05, 3.63) is 88.0 Å². The number of piperazine rings is 1. The molecular weight excluding hydrogens is 671 g/mol.